The zero-order valence-electron chi connectivity index (χ0n) is 16.3. The van der Waals surface area contributed by atoms with Crippen LogP contribution in [-0.4, -0.2) is 50.8 Å². The van der Waals surface area contributed by atoms with Crippen molar-refractivity contribution >= 4 is 24.6 Å². The Kier molecular flexibility index (Phi) is 7.26. The minimum Gasteiger partial charge on any atom is -0.443 e. The van der Waals surface area contributed by atoms with Crippen LogP contribution in [0.3, 0.4) is 0 Å². The van der Waals surface area contributed by atoms with Crippen LogP contribution < -0.4 is 0 Å². The smallest absolute Gasteiger partial charge is 0.425 e. The van der Waals surface area contributed by atoms with E-state index in [1.807, 2.05) is 33.9 Å². The molecule has 0 saturated carbocycles. The van der Waals surface area contributed by atoms with Gasteiger partial charge in [-0.05, 0) is 38.9 Å². The number of rotatable bonds is 6. The molecule has 0 fully saturated rings. The number of hydroxylamine groups is 1. The van der Waals surface area contributed by atoms with E-state index in [-0.39, 0.29) is 11.6 Å². The van der Waals surface area contributed by atoms with Crippen molar-refractivity contribution in [2.75, 3.05) is 13.6 Å². The highest BCUT2D eigenvalue weighted by Crippen LogP contribution is 2.37. The third-order valence-electron chi connectivity index (χ3n) is 3.66. The third-order valence-corrected chi connectivity index (χ3v) is 9.71. The second-order valence-electron chi connectivity index (χ2n) is 8.07. The van der Waals surface area contributed by atoms with E-state index in [4.69, 9.17) is 9.26 Å². The quantitative estimate of drug-likeness (QED) is 0.400. The van der Waals surface area contributed by atoms with Gasteiger partial charge in [-0.25, -0.2) is 4.79 Å². The van der Waals surface area contributed by atoms with Crippen LogP contribution in [0.15, 0.2) is 12.7 Å². The van der Waals surface area contributed by atoms with E-state index in [2.05, 4.69) is 6.58 Å². The second kappa shape index (κ2) is 7.55. The van der Waals surface area contributed by atoms with Crippen molar-refractivity contribution in [2.45, 2.75) is 65.3 Å². The van der Waals surface area contributed by atoms with E-state index in [1.165, 1.54) is 13.1 Å². The summed E-state index contributed by atoms with van der Waals surface area (Å²) < 4.78 is 37.8. The van der Waals surface area contributed by atoms with E-state index < -0.39 is 30.2 Å². The highest BCUT2D eigenvalue weighted by molar-refractivity contribution is 7.87. The van der Waals surface area contributed by atoms with E-state index in [1.54, 1.807) is 20.8 Å². The maximum Gasteiger partial charge on any atom is 0.425 e. The van der Waals surface area contributed by atoms with E-state index in [0.29, 0.717) is 4.31 Å². The molecule has 0 spiro atoms. The Labute approximate surface area is 147 Å². The van der Waals surface area contributed by atoms with E-state index in [9.17, 15) is 13.2 Å². The molecule has 24 heavy (non-hydrogen) atoms. The van der Waals surface area contributed by atoms with Crippen molar-refractivity contribution in [3.05, 3.63) is 12.7 Å². The number of hydrogen-bond acceptors (Lipinski definition) is 5. The van der Waals surface area contributed by atoms with Gasteiger partial charge in [0.05, 0.1) is 6.54 Å². The van der Waals surface area contributed by atoms with Gasteiger partial charge in [-0.1, -0.05) is 31.3 Å². The summed E-state index contributed by atoms with van der Waals surface area (Å²) in [4.78, 5) is 12.3. The van der Waals surface area contributed by atoms with Crippen LogP contribution in [-0.2, 0) is 19.5 Å². The Hall–Kier alpha value is -0.903. The van der Waals surface area contributed by atoms with Gasteiger partial charge < -0.3 is 9.26 Å². The minimum atomic E-state index is -4.19. The molecule has 0 heterocycles. The van der Waals surface area contributed by atoms with Gasteiger partial charge in [0.15, 0.2) is 0 Å². The highest BCUT2D eigenvalue weighted by Gasteiger charge is 2.43. The van der Waals surface area contributed by atoms with Crippen molar-refractivity contribution in [1.82, 2.24) is 8.77 Å². The molecule has 0 bridgehead atoms. The standard InChI is InChI=1S/C15H32N2O5SSi/c1-11-12-17(13(18)21-14(2,3)4)23(19,20)16(8)22-24(9,10)15(5,6)7/h11H,1,12H2,2-10H3. The van der Waals surface area contributed by atoms with Crippen LogP contribution in [0, 0.1) is 0 Å². The summed E-state index contributed by atoms with van der Waals surface area (Å²) >= 11 is 0. The molecule has 0 aliphatic heterocycles. The number of hydrogen-bond donors (Lipinski definition) is 0. The van der Waals surface area contributed by atoms with Crippen LogP contribution in [0.4, 0.5) is 4.79 Å². The van der Waals surface area contributed by atoms with Crippen LogP contribution in [0.2, 0.25) is 18.1 Å². The lowest BCUT2D eigenvalue weighted by Crippen LogP contribution is -2.52. The summed E-state index contributed by atoms with van der Waals surface area (Å²) in [5, 5.41) is -0.189. The Morgan fingerprint density at radius 3 is 1.96 bits per heavy atom. The molecule has 0 radical (unpaired) electrons. The Morgan fingerprint density at radius 2 is 1.62 bits per heavy atom. The molecule has 0 unspecified atom stereocenters. The van der Waals surface area contributed by atoms with Gasteiger partial charge in [-0.3, -0.25) is 0 Å². The maximum atomic E-state index is 12.8. The zero-order chi connectivity index (χ0) is 19.6. The lowest BCUT2D eigenvalue weighted by Gasteiger charge is -2.39. The summed E-state index contributed by atoms with van der Waals surface area (Å²) in [5.41, 5.74) is -0.815. The summed E-state index contributed by atoms with van der Waals surface area (Å²) in [7, 11) is -5.29. The fourth-order valence-corrected chi connectivity index (χ4v) is 3.99. The zero-order valence-corrected chi connectivity index (χ0v) is 18.2. The molecule has 0 aromatic heterocycles. The second-order valence-corrected chi connectivity index (χ2v) is 14.6. The minimum absolute atomic E-state index is 0.189. The van der Waals surface area contributed by atoms with Crippen molar-refractivity contribution in [1.29, 1.82) is 0 Å². The van der Waals surface area contributed by atoms with Crippen LogP contribution >= 0.6 is 0 Å². The number of nitrogens with zero attached hydrogens (tertiary/aromatic N) is 2. The van der Waals surface area contributed by atoms with Gasteiger partial charge in [0.25, 0.3) is 0 Å². The van der Waals surface area contributed by atoms with Crippen LogP contribution in [0.5, 0.6) is 0 Å². The largest absolute Gasteiger partial charge is 0.443 e. The normalized spacial score (nSPS) is 13.8. The Balaban J connectivity index is 5.55. The molecule has 9 heteroatoms. The van der Waals surface area contributed by atoms with Gasteiger partial charge in [0.2, 0.25) is 8.32 Å². The molecule has 0 aromatic rings. The summed E-state index contributed by atoms with van der Waals surface area (Å²) in [6.45, 7) is 18.1. The molecule has 0 rings (SSSR count). The fraction of sp³-hybridized carbons (Fsp3) is 0.800. The molecule has 0 saturated heterocycles. The van der Waals surface area contributed by atoms with Gasteiger partial charge in [-0.15, -0.1) is 6.58 Å². The van der Waals surface area contributed by atoms with Crippen LogP contribution in [0.25, 0.3) is 0 Å². The van der Waals surface area contributed by atoms with Gasteiger partial charge in [0.1, 0.15) is 5.60 Å². The highest BCUT2D eigenvalue weighted by atomic mass is 32.2. The molecule has 0 atom stereocenters. The Bertz CT molecular complexity index is 561. The van der Waals surface area contributed by atoms with Crippen molar-refractivity contribution in [3.8, 4) is 0 Å². The summed E-state index contributed by atoms with van der Waals surface area (Å²) in [5.74, 6) is 0. The average Bonchev–Trinajstić information content (AvgIpc) is 2.31. The van der Waals surface area contributed by atoms with Crippen molar-refractivity contribution < 1.29 is 22.5 Å². The number of carbonyl (C=O) groups excluding carboxylic acids is 1. The average molecular weight is 381 g/mol. The molecule has 7 nitrogen and oxygen atoms in total. The molecule has 0 aliphatic carbocycles. The number of amides is 1. The molecule has 0 aromatic carbocycles. The molecule has 0 N–H and O–H groups in total. The molecule has 1 amide bonds. The van der Waals surface area contributed by atoms with Gasteiger partial charge in [0, 0.05) is 7.05 Å². The monoisotopic (exact) mass is 380 g/mol. The van der Waals surface area contributed by atoms with Crippen LogP contribution in [0.1, 0.15) is 41.5 Å². The first-order chi connectivity index (χ1) is 10.5. The summed E-state index contributed by atoms with van der Waals surface area (Å²) in [6, 6.07) is 0. The molecule has 142 valence electrons. The third kappa shape index (κ3) is 6.19. The fourth-order valence-electron chi connectivity index (χ4n) is 1.34. The number of ether oxygens (including phenoxy) is 1. The SMILES string of the molecule is C=CCN(C(=O)OC(C)(C)C)S(=O)(=O)N(C)O[Si](C)(C)C(C)(C)C. The lowest BCUT2D eigenvalue weighted by molar-refractivity contribution is 0.0227. The first-order valence-corrected chi connectivity index (χ1v) is 12.1. The maximum absolute atomic E-state index is 12.8. The number of carbonyl (C=O) groups is 1. The lowest BCUT2D eigenvalue weighted by atomic mass is 10.2. The molecular weight excluding hydrogens is 348 g/mol. The van der Waals surface area contributed by atoms with Gasteiger partial charge >= 0.3 is 16.3 Å². The Morgan fingerprint density at radius 1 is 1.17 bits per heavy atom. The molecule has 0 aliphatic rings. The van der Waals surface area contributed by atoms with E-state index >= 15 is 0 Å². The van der Waals surface area contributed by atoms with Gasteiger partial charge in [-0.2, -0.15) is 12.7 Å². The molecular formula is C15H32N2O5SSi. The first kappa shape index (κ1) is 23.1. The summed E-state index contributed by atoms with van der Waals surface area (Å²) in [6.07, 6.45) is 0.356. The predicted octanol–water partition coefficient (Wildman–Crippen LogP) is 3.52. The predicted molar refractivity (Wildman–Crippen MR) is 98.1 cm³/mol. The van der Waals surface area contributed by atoms with E-state index in [0.717, 1.165) is 4.47 Å². The van der Waals surface area contributed by atoms with Crippen molar-refractivity contribution in [3.63, 3.8) is 0 Å². The topological polar surface area (TPSA) is 76.2 Å². The van der Waals surface area contributed by atoms with Crippen molar-refractivity contribution in [2.24, 2.45) is 0 Å². The first-order valence-electron chi connectivity index (χ1n) is 7.75.